The summed E-state index contributed by atoms with van der Waals surface area (Å²) in [5.41, 5.74) is 11.1. The zero-order chi connectivity index (χ0) is 38.0. The zero-order valence-electron chi connectivity index (χ0n) is 34.1. The molecule has 1 aliphatic carbocycles. The van der Waals surface area contributed by atoms with Gasteiger partial charge in [0.15, 0.2) is 0 Å². The normalized spacial score (nSPS) is 17.1. The highest BCUT2D eigenvalue weighted by molar-refractivity contribution is 6.09. The fourth-order valence-electron chi connectivity index (χ4n) is 8.74. The van der Waals surface area contributed by atoms with Crippen molar-refractivity contribution in [1.29, 1.82) is 0 Å². The van der Waals surface area contributed by atoms with E-state index in [9.17, 15) is 0 Å². The quantitative estimate of drug-likeness (QED) is 0.162. The first-order valence-corrected chi connectivity index (χ1v) is 19.5. The van der Waals surface area contributed by atoms with Crippen LogP contribution in [-0.4, -0.2) is 19.3 Å². The molecule has 0 fully saturated rings. The Balaban J connectivity index is 1.35. The third-order valence-electron chi connectivity index (χ3n) is 11.5. The Bertz CT molecular complexity index is 2350. The second-order valence-electron chi connectivity index (χ2n) is 18.4. The second-order valence-corrected chi connectivity index (χ2v) is 18.4. The van der Waals surface area contributed by atoms with Crippen molar-refractivity contribution in [2.45, 2.75) is 114 Å². The van der Waals surface area contributed by atoms with Crippen molar-refractivity contribution in [3.8, 4) is 23.0 Å². The number of benzene rings is 3. The molecule has 1 aliphatic rings. The monoisotopic (exact) mass is 706 g/mol. The molecule has 7 rings (SSSR count). The standard InChI is InChI=1S/C48H58N4O/c1-13-32-23-24-49-43(25-32)51-41-20-15-14-17-37(41)38-22-21-35(29-42(38)51)53-36-27-33(46(4,5)6)26-34(28-36)52-31(3)44(30(2)50-52)45-39(47(7,8)9)18-16-19-40(45)48(10,11)12/h14-15,17-18,20-29,40,45H,13,16,19H2,1-12H3/t40?,45-/m0/s1. The third-order valence-corrected chi connectivity index (χ3v) is 11.5. The molecule has 0 amide bonds. The zero-order valence-corrected chi connectivity index (χ0v) is 34.1. The van der Waals surface area contributed by atoms with Gasteiger partial charge in [0.05, 0.1) is 22.4 Å². The van der Waals surface area contributed by atoms with E-state index in [1.165, 1.54) is 39.6 Å². The van der Waals surface area contributed by atoms with Gasteiger partial charge in [0, 0.05) is 46.3 Å². The summed E-state index contributed by atoms with van der Waals surface area (Å²) in [5, 5.41) is 7.68. The minimum Gasteiger partial charge on any atom is -0.457 e. The Morgan fingerprint density at radius 2 is 1.51 bits per heavy atom. The van der Waals surface area contributed by atoms with Crippen LogP contribution < -0.4 is 4.74 Å². The minimum atomic E-state index is -0.0950. The van der Waals surface area contributed by atoms with Crippen LogP contribution >= 0.6 is 0 Å². The molecule has 0 saturated carbocycles. The van der Waals surface area contributed by atoms with Crippen LogP contribution in [0.5, 0.6) is 11.5 Å². The van der Waals surface area contributed by atoms with E-state index >= 15 is 0 Å². The van der Waals surface area contributed by atoms with Crippen LogP contribution in [0.4, 0.5) is 0 Å². The molecule has 2 atom stereocenters. The molecule has 5 heteroatoms. The Hall–Kier alpha value is -4.64. The molecule has 0 saturated heterocycles. The lowest BCUT2D eigenvalue weighted by Gasteiger charge is -2.45. The fourth-order valence-corrected chi connectivity index (χ4v) is 8.74. The predicted molar refractivity (Wildman–Crippen MR) is 222 cm³/mol. The minimum absolute atomic E-state index is 0.0738. The largest absolute Gasteiger partial charge is 0.457 e. The molecule has 0 aliphatic heterocycles. The molecule has 276 valence electrons. The molecule has 5 nitrogen and oxygen atoms in total. The molecule has 3 aromatic heterocycles. The van der Waals surface area contributed by atoms with Crippen molar-refractivity contribution in [3.63, 3.8) is 0 Å². The van der Waals surface area contributed by atoms with E-state index < -0.39 is 0 Å². The molecule has 6 aromatic rings. The molecular formula is C48H58N4O. The third kappa shape index (κ3) is 6.84. The maximum atomic E-state index is 6.85. The van der Waals surface area contributed by atoms with Crippen LogP contribution in [0.3, 0.4) is 0 Å². The molecule has 3 heterocycles. The van der Waals surface area contributed by atoms with Gasteiger partial charge in [-0.05, 0) is 109 Å². The molecule has 3 aromatic carbocycles. The number of rotatable bonds is 6. The maximum absolute atomic E-state index is 6.85. The lowest BCUT2D eigenvalue weighted by Crippen LogP contribution is -2.34. The number of hydrogen-bond donors (Lipinski definition) is 0. The number of allylic oxidation sites excluding steroid dienone is 2. The highest BCUT2D eigenvalue weighted by atomic mass is 16.5. The van der Waals surface area contributed by atoms with Gasteiger partial charge in [-0.25, -0.2) is 9.67 Å². The van der Waals surface area contributed by atoms with Gasteiger partial charge >= 0.3 is 0 Å². The van der Waals surface area contributed by atoms with Gasteiger partial charge in [0.25, 0.3) is 0 Å². The molecule has 53 heavy (non-hydrogen) atoms. The number of aryl methyl sites for hydroxylation is 2. The summed E-state index contributed by atoms with van der Waals surface area (Å²) in [5.74, 6) is 3.36. The van der Waals surface area contributed by atoms with E-state index in [1.807, 2.05) is 6.20 Å². The van der Waals surface area contributed by atoms with Crippen molar-refractivity contribution in [2.24, 2.45) is 16.7 Å². The highest BCUT2D eigenvalue weighted by Gasteiger charge is 2.42. The van der Waals surface area contributed by atoms with Crippen LogP contribution in [0.25, 0.3) is 33.3 Å². The first-order chi connectivity index (χ1) is 25.0. The number of pyridine rings is 1. The number of fused-ring (bicyclic) bond motifs is 3. The van der Waals surface area contributed by atoms with Crippen LogP contribution in [0.2, 0.25) is 0 Å². The Morgan fingerprint density at radius 3 is 2.21 bits per heavy atom. The fraction of sp³-hybridized carbons (Fsp3) is 0.417. The van der Waals surface area contributed by atoms with Crippen LogP contribution in [0.15, 0.2) is 90.6 Å². The average molecular weight is 707 g/mol. The summed E-state index contributed by atoms with van der Waals surface area (Å²) in [6, 6.07) is 25.9. The first-order valence-electron chi connectivity index (χ1n) is 19.5. The van der Waals surface area contributed by atoms with Crippen LogP contribution in [-0.2, 0) is 11.8 Å². The first kappa shape index (κ1) is 36.7. The maximum Gasteiger partial charge on any atom is 0.137 e. The van der Waals surface area contributed by atoms with Gasteiger partial charge in [0.2, 0.25) is 0 Å². The van der Waals surface area contributed by atoms with Crippen molar-refractivity contribution in [1.82, 2.24) is 19.3 Å². The molecule has 0 bridgehead atoms. The summed E-state index contributed by atoms with van der Waals surface area (Å²) in [7, 11) is 0. The highest BCUT2D eigenvalue weighted by Crippen LogP contribution is 2.53. The summed E-state index contributed by atoms with van der Waals surface area (Å²) in [4.78, 5) is 4.82. The summed E-state index contributed by atoms with van der Waals surface area (Å²) in [6.07, 6.45) is 7.73. The van der Waals surface area contributed by atoms with Crippen molar-refractivity contribution < 1.29 is 4.74 Å². The van der Waals surface area contributed by atoms with Crippen molar-refractivity contribution in [3.05, 3.63) is 119 Å². The summed E-state index contributed by atoms with van der Waals surface area (Å²) >= 11 is 0. The van der Waals surface area contributed by atoms with E-state index in [-0.39, 0.29) is 16.2 Å². The van der Waals surface area contributed by atoms with Crippen molar-refractivity contribution in [2.75, 3.05) is 0 Å². The molecule has 1 unspecified atom stereocenters. The van der Waals surface area contributed by atoms with E-state index in [0.717, 1.165) is 52.6 Å². The Labute approximate surface area is 317 Å². The average Bonchev–Trinajstić information content (AvgIpc) is 3.59. The van der Waals surface area contributed by atoms with Crippen LogP contribution in [0, 0.1) is 30.6 Å². The van der Waals surface area contributed by atoms with Gasteiger partial charge in [-0.3, -0.25) is 4.57 Å². The van der Waals surface area contributed by atoms with Crippen LogP contribution in [0.1, 0.15) is 116 Å². The molecule has 0 N–H and O–H groups in total. The van der Waals surface area contributed by atoms with E-state index in [0.29, 0.717) is 11.8 Å². The number of ether oxygens (including phenoxy) is 1. The van der Waals surface area contributed by atoms with E-state index in [2.05, 4.69) is 171 Å². The number of aromatic nitrogens is 4. The van der Waals surface area contributed by atoms with Crippen molar-refractivity contribution >= 4 is 21.8 Å². The molecular weight excluding hydrogens is 649 g/mol. The topological polar surface area (TPSA) is 44.9 Å². The lowest BCUT2D eigenvalue weighted by atomic mass is 9.59. The van der Waals surface area contributed by atoms with Gasteiger partial charge in [-0.1, -0.05) is 99.1 Å². The lowest BCUT2D eigenvalue weighted by molar-refractivity contribution is 0.180. The van der Waals surface area contributed by atoms with Gasteiger partial charge in [-0.2, -0.15) is 5.10 Å². The number of hydrogen-bond acceptors (Lipinski definition) is 3. The Morgan fingerprint density at radius 1 is 0.774 bits per heavy atom. The Kier molecular flexibility index (Phi) is 9.24. The van der Waals surface area contributed by atoms with Gasteiger partial charge in [0.1, 0.15) is 17.3 Å². The summed E-state index contributed by atoms with van der Waals surface area (Å²) in [6.45, 7) is 27.8. The van der Waals surface area contributed by atoms with E-state index in [4.69, 9.17) is 14.8 Å². The molecule has 0 radical (unpaired) electrons. The van der Waals surface area contributed by atoms with Gasteiger partial charge < -0.3 is 4.74 Å². The number of para-hydroxylation sites is 1. The van der Waals surface area contributed by atoms with E-state index in [1.54, 1.807) is 5.57 Å². The predicted octanol–water partition coefficient (Wildman–Crippen LogP) is 13.1. The number of nitrogens with zero attached hydrogens (tertiary/aromatic N) is 4. The SMILES string of the molecule is CCc1ccnc(-n2c3ccccc3c3ccc(Oc4cc(-n5nc(C)c([C@H]6C(C(C)(C)C)=CCCC6C(C)(C)C)c5C)cc(C(C)(C)C)c4)cc32)c1. The summed E-state index contributed by atoms with van der Waals surface area (Å²) < 4.78 is 11.3. The smallest absolute Gasteiger partial charge is 0.137 e. The molecule has 0 spiro atoms. The van der Waals surface area contributed by atoms with Gasteiger partial charge in [-0.15, -0.1) is 0 Å². The second kappa shape index (κ2) is 13.3.